The Morgan fingerprint density at radius 2 is 2.10 bits per heavy atom. The second-order valence-electron chi connectivity index (χ2n) is 8.42. The fourth-order valence-electron chi connectivity index (χ4n) is 3.75. The molecule has 0 unspecified atom stereocenters. The highest BCUT2D eigenvalue weighted by atomic mass is 16.6. The van der Waals surface area contributed by atoms with Crippen molar-refractivity contribution in [3.8, 4) is 0 Å². The molecule has 1 fully saturated rings. The SMILES string of the molecule is CCOC(=O)[C@]12CO[C@H](C(C)(C)C)N1C(=O)C(C(C)=NCc1ccc(C)o1)=C2O. The number of aryl methyl sites for hydroxylation is 1. The third kappa shape index (κ3) is 3.35. The third-order valence-corrected chi connectivity index (χ3v) is 5.14. The van der Waals surface area contributed by atoms with Crippen molar-refractivity contribution < 1.29 is 28.6 Å². The summed E-state index contributed by atoms with van der Waals surface area (Å²) in [4.78, 5) is 31.9. The van der Waals surface area contributed by atoms with Gasteiger partial charge in [0.15, 0.2) is 0 Å². The molecule has 2 aliphatic heterocycles. The fraction of sp³-hybridized carbons (Fsp3) is 0.571. The third-order valence-electron chi connectivity index (χ3n) is 5.14. The quantitative estimate of drug-likeness (QED) is 0.598. The molecular formula is C21H28N2O6. The molecule has 8 heteroatoms. The Labute approximate surface area is 170 Å². The molecule has 2 aliphatic rings. The summed E-state index contributed by atoms with van der Waals surface area (Å²) in [5, 5.41) is 11.1. The van der Waals surface area contributed by atoms with Gasteiger partial charge in [-0.2, -0.15) is 0 Å². The Hall–Kier alpha value is -2.61. The van der Waals surface area contributed by atoms with Crippen LogP contribution in [0.3, 0.4) is 0 Å². The van der Waals surface area contributed by atoms with Gasteiger partial charge in [0.2, 0.25) is 5.54 Å². The summed E-state index contributed by atoms with van der Waals surface area (Å²) in [7, 11) is 0. The number of esters is 1. The van der Waals surface area contributed by atoms with Gasteiger partial charge in [-0.05, 0) is 32.9 Å². The lowest BCUT2D eigenvalue weighted by atomic mass is 9.91. The van der Waals surface area contributed by atoms with Crippen LogP contribution in [-0.2, 0) is 25.6 Å². The summed E-state index contributed by atoms with van der Waals surface area (Å²) >= 11 is 0. The van der Waals surface area contributed by atoms with Crippen LogP contribution in [0.5, 0.6) is 0 Å². The first kappa shape index (κ1) is 21.1. The number of aliphatic hydroxyl groups excluding tert-OH is 1. The van der Waals surface area contributed by atoms with Crippen molar-refractivity contribution in [2.24, 2.45) is 10.4 Å². The largest absolute Gasteiger partial charge is 0.508 e. The van der Waals surface area contributed by atoms with Crippen LogP contribution in [0, 0.1) is 12.3 Å². The highest BCUT2D eigenvalue weighted by Crippen LogP contribution is 2.46. The minimum atomic E-state index is -1.68. The van der Waals surface area contributed by atoms with E-state index in [0.717, 1.165) is 5.76 Å². The van der Waals surface area contributed by atoms with Crippen LogP contribution in [0.2, 0.25) is 0 Å². The summed E-state index contributed by atoms with van der Waals surface area (Å²) in [5.74, 6) is -0.167. The van der Waals surface area contributed by atoms with E-state index in [1.165, 1.54) is 4.90 Å². The van der Waals surface area contributed by atoms with Gasteiger partial charge < -0.3 is 19.0 Å². The Kier molecular flexibility index (Phi) is 5.34. The number of amides is 1. The molecule has 8 nitrogen and oxygen atoms in total. The monoisotopic (exact) mass is 404 g/mol. The van der Waals surface area contributed by atoms with Crippen molar-refractivity contribution in [2.75, 3.05) is 13.2 Å². The van der Waals surface area contributed by atoms with Gasteiger partial charge in [-0.3, -0.25) is 14.7 Å². The smallest absolute Gasteiger partial charge is 0.342 e. The molecule has 0 aliphatic carbocycles. The normalized spacial score (nSPS) is 25.0. The van der Waals surface area contributed by atoms with Gasteiger partial charge >= 0.3 is 5.97 Å². The van der Waals surface area contributed by atoms with Crippen LogP contribution < -0.4 is 0 Å². The number of hydrogen-bond donors (Lipinski definition) is 1. The molecule has 1 amide bonds. The number of aliphatic imine (C=N–C) groups is 1. The Morgan fingerprint density at radius 1 is 1.41 bits per heavy atom. The van der Waals surface area contributed by atoms with E-state index in [4.69, 9.17) is 13.9 Å². The summed E-state index contributed by atoms with van der Waals surface area (Å²) < 4.78 is 16.5. The maximum absolute atomic E-state index is 13.3. The molecule has 29 heavy (non-hydrogen) atoms. The van der Waals surface area contributed by atoms with Crippen LogP contribution in [0.25, 0.3) is 0 Å². The molecule has 1 saturated heterocycles. The average molecular weight is 404 g/mol. The molecule has 0 radical (unpaired) electrons. The highest BCUT2D eigenvalue weighted by Gasteiger charge is 2.67. The zero-order chi connectivity index (χ0) is 21.6. The Morgan fingerprint density at radius 3 is 2.66 bits per heavy atom. The Balaban J connectivity index is 2.03. The summed E-state index contributed by atoms with van der Waals surface area (Å²) in [6.07, 6.45) is -0.695. The van der Waals surface area contributed by atoms with E-state index in [2.05, 4.69) is 4.99 Å². The molecule has 2 atom stereocenters. The molecule has 3 rings (SSSR count). The van der Waals surface area contributed by atoms with Crippen LogP contribution in [0.15, 0.2) is 32.9 Å². The van der Waals surface area contributed by atoms with Crippen molar-refractivity contribution in [3.05, 3.63) is 35.0 Å². The molecular weight excluding hydrogens is 376 g/mol. The Bertz CT molecular complexity index is 891. The van der Waals surface area contributed by atoms with E-state index in [0.29, 0.717) is 11.5 Å². The van der Waals surface area contributed by atoms with E-state index in [1.807, 2.05) is 33.8 Å². The predicted molar refractivity (Wildman–Crippen MR) is 105 cm³/mol. The number of hydrogen-bond acceptors (Lipinski definition) is 7. The lowest BCUT2D eigenvalue weighted by molar-refractivity contribution is -0.160. The van der Waals surface area contributed by atoms with Gasteiger partial charge in [0.05, 0.1) is 19.8 Å². The molecule has 3 heterocycles. The summed E-state index contributed by atoms with van der Waals surface area (Å²) in [6.45, 7) is 11.0. The molecule has 1 N–H and O–H groups in total. The average Bonchev–Trinajstić information content (AvgIpc) is 3.28. The lowest BCUT2D eigenvalue weighted by Gasteiger charge is -2.36. The number of nitrogens with zero attached hydrogens (tertiary/aromatic N) is 2. The number of furan rings is 1. The molecule has 1 aromatic heterocycles. The van der Waals surface area contributed by atoms with E-state index >= 15 is 0 Å². The molecule has 0 saturated carbocycles. The second-order valence-corrected chi connectivity index (χ2v) is 8.42. The standard InChI is InChI=1S/C21H28N2O6/c1-7-27-19(26)21-11-28-18(20(4,5)6)23(21)17(25)15(16(21)24)13(3)22-10-14-9-8-12(2)29-14/h8-9,18,24H,7,10-11H2,1-6H3/t18-,21-/m1/s1. The zero-order valence-corrected chi connectivity index (χ0v) is 17.7. The van der Waals surface area contributed by atoms with Gasteiger partial charge in [-0.1, -0.05) is 20.8 Å². The van der Waals surface area contributed by atoms with E-state index in [9.17, 15) is 14.7 Å². The van der Waals surface area contributed by atoms with E-state index in [1.54, 1.807) is 19.9 Å². The van der Waals surface area contributed by atoms with Crippen LogP contribution in [0.1, 0.15) is 46.1 Å². The minimum absolute atomic E-state index is 0.0129. The summed E-state index contributed by atoms with van der Waals surface area (Å²) in [5.41, 5.74) is -1.82. The molecule has 1 aromatic rings. The van der Waals surface area contributed by atoms with Crippen LogP contribution in [-0.4, -0.2) is 52.6 Å². The second kappa shape index (κ2) is 7.33. The molecule has 0 bridgehead atoms. The van der Waals surface area contributed by atoms with Gasteiger partial charge in [0.25, 0.3) is 5.91 Å². The van der Waals surface area contributed by atoms with Crippen molar-refractivity contribution in [2.45, 2.75) is 59.9 Å². The van der Waals surface area contributed by atoms with Gasteiger partial charge in [0, 0.05) is 11.1 Å². The fourth-order valence-corrected chi connectivity index (χ4v) is 3.75. The lowest BCUT2D eigenvalue weighted by Crippen LogP contribution is -2.57. The predicted octanol–water partition coefficient (Wildman–Crippen LogP) is 2.91. The van der Waals surface area contributed by atoms with E-state index in [-0.39, 0.29) is 31.1 Å². The molecule has 158 valence electrons. The highest BCUT2D eigenvalue weighted by molar-refractivity contribution is 6.25. The van der Waals surface area contributed by atoms with Gasteiger partial charge in [-0.15, -0.1) is 0 Å². The number of fused-ring (bicyclic) bond motifs is 1. The number of rotatable bonds is 5. The zero-order valence-electron chi connectivity index (χ0n) is 17.7. The number of carbonyl (C=O) groups excluding carboxylic acids is 2. The van der Waals surface area contributed by atoms with E-state index < -0.39 is 29.1 Å². The minimum Gasteiger partial charge on any atom is -0.508 e. The maximum atomic E-state index is 13.3. The number of ether oxygens (including phenoxy) is 2. The van der Waals surface area contributed by atoms with Crippen LogP contribution in [0.4, 0.5) is 0 Å². The van der Waals surface area contributed by atoms with Crippen molar-refractivity contribution in [1.29, 1.82) is 0 Å². The first-order valence-corrected chi connectivity index (χ1v) is 9.67. The van der Waals surface area contributed by atoms with Gasteiger partial charge in [0.1, 0.15) is 29.1 Å². The van der Waals surface area contributed by atoms with Crippen LogP contribution >= 0.6 is 0 Å². The molecule has 0 spiro atoms. The summed E-state index contributed by atoms with van der Waals surface area (Å²) in [6, 6.07) is 3.63. The van der Waals surface area contributed by atoms with Crippen molar-refractivity contribution >= 4 is 17.6 Å². The maximum Gasteiger partial charge on any atom is 0.342 e. The number of carbonyl (C=O) groups is 2. The molecule has 0 aromatic carbocycles. The first-order valence-electron chi connectivity index (χ1n) is 9.67. The topological polar surface area (TPSA) is 102 Å². The first-order chi connectivity index (χ1) is 13.5. The van der Waals surface area contributed by atoms with Crippen molar-refractivity contribution in [3.63, 3.8) is 0 Å². The van der Waals surface area contributed by atoms with Gasteiger partial charge in [-0.25, -0.2) is 4.79 Å². The van der Waals surface area contributed by atoms with Crippen molar-refractivity contribution in [1.82, 2.24) is 4.90 Å². The number of aliphatic hydroxyl groups is 1.